The zero-order valence-corrected chi connectivity index (χ0v) is 20.4. The molecule has 0 heterocycles. The molecule has 0 saturated heterocycles. The predicted octanol–water partition coefficient (Wildman–Crippen LogP) is 2.88. The fourth-order valence-electron chi connectivity index (χ4n) is 2.00. The van der Waals surface area contributed by atoms with Gasteiger partial charge in [0.2, 0.25) is 0 Å². The van der Waals surface area contributed by atoms with Crippen LogP contribution < -0.4 is 0 Å². The Bertz CT molecular complexity index is 510. The smallest absolute Gasteiger partial charge is 0.347 e. The minimum Gasteiger partial charge on any atom is -0.462 e. The van der Waals surface area contributed by atoms with E-state index in [1.165, 1.54) is 13.8 Å². The lowest BCUT2D eigenvalue weighted by Gasteiger charge is -2.37. The minimum absolute atomic E-state index is 0.0322. The van der Waals surface area contributed by atoms with Gasteiger partial charge >= 0.3 is 11.9 Å². The molecule has 8 heteroatoms. The molecule has 1 N–H and O–H groups in total. The Morgan fingerprint density at radius 3 is 1.60 bits per heavy atom. The van der Waals surface area contributed by atoms with Gasteiger partial charge in [-0.15, -0.1) is 0 Å². The van der Waals surface area contributed by atoms with Crippen LogP contribution in [0, 0.1) is 5.41 Å². The van der Waals surface area contributed by atoms with Crippen LogP contribution in [0.1, 0.15) is 69.2 Å². The maximum atomic E-state index is 12.4. The molecule has 0 aliphatic rings. The van der Waals surface area contributed by atoms with Crippen molar-refractivity contribution in [1.29, 1.82) is 0 Å². The van der Waals surface area contributed by atoms with Gasteiger partial charge in [-0.05, 0) is 69.2 Å². The third-order valence-electron chi connectivity index (χ3n) is 3.83. The first-order valence-corrected chi connectivity index (χ1v) is 10.4. The van der Waals surface area contributed by atoms with E-state index >= 15 is 0 Å². The van der Waals surface area contributed by atoms with Gasteiger partial charge in [-0.2, -0.15) is 0 Å². The van der Waals surface area contributed by atoms with Crippen molar-refractivity contribution in [3.63, 3.8) is 0 Å². The van der Waals surface area contributed by atoms with Crippen molar-refractivity contribution >= 4 is 11.9 Å². The SMILES string of the molecule is CC(C)OCC(COC(=O)C(C)OC(=O)C(C)O)(COC(C)(C)C)COC(C)(C)C. The Labute approximate surface area is 181 Å². The molecule has 30 heavy (non-hydrogen) atoms. The van der Waals surface area contributed by atoms with Gasteiger partial charge in [-0.1, -0.05) is 0 Å². The first kappa shape index (κ1) is 28.8. The molecule has 0 aliphatic carbocycles. The summed E-state index contributed by atoms with van der Waals surface area (Å²) in [5.41, 5.74) is -1.57. The third-order valence-corrected chi connectivity index (χ3v) is 3.83. The lowest BCUT2D eigenvalue weighted by Crippen LogP contribution is -2.46. The quantitative estimate of drug-likeness (QED) is 0.468. The van der Waals surface area contributed by atoms with E-state index in [1.54, 1.807) is 0 Å². The number of rotatable bonds is 12. The third kappa shape index (κ3) is 13.2. The number of aliphatic hydroxyl groups is 1. The highest BCUT2D eigenvalue weighted by molar-refractivity contribution is 5.80. The number of ether oxygens (including phenoxy) is 5. The van der Waals surface area contributed by atoms with Gasteiger partial charge in [0.05, 0.1) is 42.5 Å². The second kappa shape index (κ2) is 12.0. The summed E-state index contributed by atoms with van der Waals surface area (Å²) in [5.74, 6) is -1.61. The molecular formula is C22H42O8. The zero-order valence-electron chi connectivity index (χ0n) is 20.4. The van der Waals surface area contributed by atoms with Gasteiger partial charge in [0, 0.05) is 0 Å². The molecule has 0 radical (unpaired) electrons. The summed E-state index contributed by atoms with van der Waals surface area (Å²) in [7, 11) is 0. The lowest BCUT2D eigenvalue weighted by molar-refractivity contribution is -0.183. The highest BCUT2D eigenvalue weighted by atomic mass is 16.6. The average Bonchev–Trinajstić information content (AvgIpc) is 2.58. The first-order chi connectivity index (χ1) is 13.5. The van der Waals surface area contributed by atoms with Crippen LogP contribution in [0.2, 0.25) is 0 Å². The van der Waals surface area contributed by atoms with Crippen molar-refractivity contribution in [2.75, 3.05) is 26.4 Å². The van der Waals surface area contributed by atoms with Crippen molar-refractivity contribution in [3.05, 3.63) is 0 Å². The van der Waals surface area contributed by atoms with Gasteiger partial charge in [0.1, 0.15) is 12.7 Å². The van der Waals surface area contributed by atoms with E-state index in [-0.39, 0.29) is 32.5 Å². The van der Waals surface area contributed by atoms with Crippen LogP contribution in [0.4, 0.5) is 0 Å². The van der Waals surface area contributed by atoms with Crippen LogP contribution in [0.25, 0.3) is 0 Å². The lowest BCUT2D eigenvalue weighted by atomic mass is 9.91. The van der Waals surface area contributed by atoms with E-state index in [9.17, 15) is 14.7 Å². The topological polar surface area (TPSA) is 101 Å². The zero-order chi connectivity index (χ0) is 23.8. The number of hydrogen-bond donors (Lipinski definition) is 1. The fourth-order valence-corrected chi connectivity index (χ4v) is 2.00. The summed E-state index contributed by atoms with van der Waals surface area (Å²) < 4.78 is 28.3. The normalized spacial score (nSPS) is 15.1. The number of esters is 2. The molecule has 0 bridgehead atoms. The molecule has 0 saturated carbocycles. The molecule has 8 nitrogen and oxygen atoms in total. The van der Waals surface area contributed by atoms with Crippen molar-refractivity contribution in [3.8, 4) is 0 Å². The molecule has 0 spiro atoms. The Balaban J connectivity index is 5.41. The molecule has 0 aliphatic heterocycles. The minimum atomic E-state index is -1.32. The van der Waals surface area contributed by atoms with E-state index in [0.717, 1.165) is 0 Å². The molecule has 0 rings (SSSR count). The number of carbonyl (C=O) groups excluding carboxylic acids is 2. The molecule has 0 aromatic carbocycles. The van der Waals surface area contributed by atoms with Crippen molar-refractivity contribution in [1.82, 2.24) is 0 Å². The number of aliphatic hydroxyl groups excluding tert-OH is 1. The Morgan fingerprint density at radius 2 is 1.23 bits per heavy atom. The Morgan fingerprint density at radius 1 is 0.767 bits per heavy atom. The van der Waals surface area contributed by atoms with Gasteiger partial charge < -0.3 is 28.8 Å². The maximum Gasteiger partial charge on any atom is 0.347 e. The molecule has 0 aromatic rings. The van der Waals surface area contributed by atoms with Crippen molar-refractivity contribution < 1.29 is 38.4 Å². The summed E-state index contributed by atoms with van der Waals surface area (Å²) in [6.45, 7) is 18.8. The summed E-state index contributed by atoms with van der Waals surface area (Å²) >= 11 is 0. The molecule has 2 unspecified atom stereocenters. The summed E-state index contributed by atoms with van der Waals surface area (Å²) in [6.07, 6.45) is -2.50. The molecule has 0 amide bonds. The van der Waals surface area contributed by atoms with Crippen molar-refractivity contribution in [2.45, 2.75) is 98.8 Å². The second-order valence-electron chi connectivity index (χ2n) is 10.0. The van der Waals surface area contributed by atoms with Crippen LogP contribution in [0.5, 0.6) is 0 Å². The van der Waals surface area contributed by atoms with E-state index in [4.69, 9.17) is 23.7 Å². The van der Waals surface area contributed by atoms with E-state index in [0.29, 0.717) is 0 Å². The number of hydrogen-bond acceptors (Lipinski definition) is 8. The monoisotopic (exact) mass is 434 g/mol. The standard InChI is InChI=1S/C22H42O8/c1-15(2)26-11-22(13-28-20(5,6)7,14-29-21(8,9)10)12-27-19(25)17(4)30-18(24)16(3)23/h15-17,23H,11-14H2,1-10H3. The second-order valence-corrected chi connectivity index (χ2v) is 10.0. The maximum absolute atomic E-state index is 12.4. The predicted molar refractivity (Wildman–Crippen MR) is 113 cm³/mol. The van der Waals surface area contributed by atoms with E-state index < -0.39 is 40.8 Å². The molecule has 0 fully saturated rings. The first-order valence-electron chi connectivity index (χ1n) is 10.4. The molecule has 2 atom stereocenters. The average molecular weight is 435 g/mol. The van der Waals surface area contributed by atoms with Gasteiger partial charge in [-0.3, -0.25) is 0 Å². The van der Waals surface area contributed by atoms with Crippen LogP contribution in [-0.4, -0.2) is 73.0 Å². The molecular weight excluding hydrogens is 392 g/mol. The van der Waals surface area contributed by atoms with Crippen LogP contribution in [-0.2, 0) is 33.3 Å². The van der Waals surface area contributed by atoms with Crippen LogP contribution in [0.15, 0.2) is 0 Å². The Kier molecular flexibility index (Phi) is 11.5. The van der Waals surface area contributed by atoms with Gasteiger partial charge in [0.25, 0.3) is 0 Å². The molecule has 0 aromatic heterocycles. The highest BCUT2D eigenvalue weighted by Gasteiger charge is 2.37. The van der Waals surface area contributed by atoms with Gasteiger partial charge in [0.15, 0.2) is 6.10 Å². The highest BCUT2D eigenvalue weighted by Crippen LogP contribution is 2.26. The fraction of sp³-hybridized carbons (Fsp3) is 0.909. The van der Waals surface area contributed by atoms with Crippen LogP contribution in [0.3, 0.4) is 0 Å². The largest absolute Gasteiger partial charge is 0.462 e. The van der Waals surface area contributed by atoms with E-state index in [2.05, 4.69) is 0 Å². The van der Waals surface area contributed by atoms with Crippen LogP contribution >= 0.6 is 0 Å². The van der Waals surface area contributed by atoms with Crippen molar-refractivity contribution in [2.24, 2.45) is 5.41 Å². The number of carbonyl (C=O) groups is 2. The van der Waals surface area contributed by atoms with E-state index in [1.807, 2.05) is 55.4 Å². The molecule has 178 valence electrons. The summed E-state index contributed by atoms with van der Waals surface area (Å²) in [6, 6.07) is 0. The Hall–Kier alpha value is -1.22. The van der Waals surface area contributed by atoms with Gasteiger partial charge in [-0.25, -0.2) is 9.59 Å². The summed E-state index contributed by atoms with van der Waals surface area (Å²) in [5, 5.41) is 9.25. The summed E-state index contributed by atoms with van der Waals surface area (Å²) in [4.78, 5) is 23.9.